The second kappa shape index (κ2) is 3.64. The zero-order valence-corrected chi connectivity index (χ0v) is 7.94. The number of hydrogen-bond acceptors (Lipinski definition) is 1. The predicted octanol–water partition coefficient (Wildman–Crippen LogP) is 2.90. The fraction of sp³-hybridized carbons (Fsp3) is 0.400. The predicted molar refractivity (Wildman–Crippen MR) is 51.4 cm³/mol. The van der Waals surface area contributed by atoms with Crippen LogP contribution in [-0.4, -0.2) is 6.54 Å². The molecule has 1 aliphatic rings. The van der Waals surface area contributed by atoms with Gasteiger partial charge in [0.1, 0.15) is 5.82 Å². The molecule has 1 nitrogen and oxygen atoms in total. The molecule has 0 bridgehead atoms. The van der Waals surface area contributed by atoms with Crippen LogP contribution in [0.25, 0.3) is 0 Å². The first kappa shape index (κ1) is 8.97. The molecule has 0 aromatic heterocycles. The van der Waals surface area contributed by atoms with Crippen molar-refractivity contribution in [2.45, 2.75) is 18.9 Å². The molecular weight excluding hydrogens is 189 g/mol. The molecule has 1 aliphatic heterocycles. The Hall–Kier alpha value is -0.600. The maximum Gasteiger partial charge on any atom is 0.124 e. The van der Waals surface area contributed by atoms with Gasteiger partial charge in [-0.25, -0.2) is 4.39 Å². The topological polar surface area (TPSA) is 12.0 Å². The molecule has 0 radical (unpaired) electrons. The molecule has 1 aromatic rings. The molecule has 1 fully saturated rings. The van der Waals surface area contributed by atoms with Crippen LogP contribution in [0, 0.1) is 5.82 Å². The molecule has 1 atom stereocenters. The lowest BCUT2D eigenvalue weighted by Gasteiger charge is -2.11. The summed E-state index contributed by atoms with van der Waals surface area (Å²) in [5.74, 6) is -0.272. The quantitative estimate of drug-likeness (QED) is 0.734. The van der Waals surface area contributed by atoms with E-state index in [0.29, 0.717) is 11.1 Å². The number of benzene rings is 1. The smallest absolute Gasteiger partial charge is 0.124 e. The maximum absolute atomic E-state index is 12.7. The Morgan fingerprint density at radius 1 is 1.46 bits per heavy atom. The normalized spacial score (nSPS) is 22.2. The molecule has 0 unspecified atom stereocenters. The lowest BCUT2D eigenvalue weighted by atomic mass is 10.1. The molecule has 13 heavy (non-hydrogen) atoms. The van der Waals surface area contributed by atoms with E-state index in [1.54, 1.807) is 6.07 Å². The molecule has 0 amide bonds. The molecular formula is C10H11ClFN. The summed E-state index contributed by atoms with van der Waals surface area (Å²) in [6.45, 7) is 1.03. The summed E-state index contributed by atoms with van der Waals surface area (Å²) in [6, 6.07) is 4.91. The van der Waals surface area contributed by atoms with Crippen LogP contribution in [0.4, 0.5) is 4.39 Å². The van der Waals surface area contributed by atoms with Gasteiger partial charge in [-0.15, -0.1) is 0 Å². The Balaban J connectivity index is 2.29. The monoisotopic (exact) mass is 199 g/mol. The minimum absolute atomic E-state index is 0.272. The SMILES string of the molecule is Fc1ccc([C@H]2CCCN2)c(Cl)c1. The van der Waals surface area contributed by atoms with E-state index in [9.17, 15) is 4.39 Å². The number of halogens is 2. The molecule has 0 aliphatic carbocycles. The highest BCUT2D eigenvalue weighted by atomic mass is 35.5. The largest absolute Gasteiger partial charge is 0.310 e. The van der Waals surface area contributed by atoms with Gasteiger partial charge in [0.25, 0.3) is 0 Å². The van der Waals surface area contributed by atoms with Gasteiger partial charge in [0.15, 0.2) is 0 Å². The van der Waals surface area contributed by atoms with Crippen LogP contribution in [0.2, 0.25) is 5.02 Å². The van der Waals surface area contributed by atoms with Crippen LogP contribution in [0.15, 0.2) is 18.2 Å². The average molecular weight is 200 g/mol. The van der Waals surface area contributed by atoms with Gasteiger partial charge in [-0.3, -0.25) is 0 Å². The van der Waals surface area contributed by atoms with Crippen LogP contribution < -0.4 is 5.32 Å². The van der Waals surface area contributed by atoms with E-state index in [2.05, 4.69) is 5.32 Å². The maximum atomic E-state index is 12.7. The first-order valence-electron chi connectivity index (χ1n) is 4.46. The molecule has 1 heterocycles. The Morgan fingerprint density at radius 3 is 2.92 bits per heavy atom. The number of hydrogen-bond donors (Lipinski definition) is 1. The summed E-state index contributed by atoms with van der Waals surface area (Å²) >= 11 is 5.93. The summed E-state index contributed by atoms with van der Waals surface area (Å²) < 4.78 is 12.7. The molecule has 3 heteroatoms. The van der Waals surface area contributed by atoms with E-state index < -0.39 is 0 Å². The Bertz CT molecular complexity index is 308. The lowest BCUT2D eigenvalue weighted by molar-refractivity contribution is 0.617. The first-order valence-corrected chi connectivity index (χ1v) is 4.83. The summed E-state index contributed by atoms with van der Waals surface area (Å²) in [5.41, 5.74) is 1.01. The molecule has 0 saturated carbocycles. The number of nitrogens with one attached hydrogen (secondary N) is 1. The van der Waals surface area contributed by atoms with Crippen molar-refractivity contribution in [2.24, 2.45) is 0 Å². The van der Waals surface area contributed by atoms with Crippen molar-refractivity contribution >= 4 is 11.6 Å². The Labute approximate surface area is 81.9 Å². The van der Waals surface area contributed by atoms with Gasteiger partial charge in [0.2, 0.25) is 0 Å². The standard InChI is InChI=1S/C10H11ClFN/c11-9-6-7(12)3-4-8(9)10-2-1-5-13-10/h3-4,6,10,13H,1-2,5H2/t10-/m1/s1. The third-order valence-electron chi connectivity index (χ3n) is 2.40. The van der Waals surface area contributed by atoms with Crippen molar-refractivity contribution in [1.82, 2.24) is 5.32 Å². The van der Waals surface area contributed by atoms with Crippen LogP contribution in [-0.2, 0) is 0 Å². The van der Waals surface area contributed by atoms with Gasteiger partial charge < -0.3 is 5.32 Å². The minimum atomic E-state index is -0.272. The van der Waals surface area contributed by atoms with Gasteiger partial charge >= 0.3 is 0 Å². The van der Waals surface area contributed by atoms with Gasteiger partial charge in [-0.2, -0.15) is 0 Å². The highest BCUT2D eigenvalue weighted by molar-refractivity contribution is 6.31. The third-order valence-corrected chi connectivity index (χ3v) is 2.73. The fourth-order valence-electron chi connectivity index (χ4n) is 1.73. The number of rotatable bonds is 1. The summed E-state index contributed by atoms with van der Waals surface area (Å²) in [4.78, 5) is 0. The third kappa shape index (κ3) is 1.84. The lowest BCUT2D eigenvalue weighted by Crippen LogP contribution is -2.13. The van der Waals surface area contributed by atoms with Crippen molar-refractivity contribution < 1.29 is 4.39 Å². The highest BCUT2D eigenvalue weighted by Gasteiger charge is 2.18. The van der Waals surface area contributed by atoms with Crippen molar-refractivity contribution in [3.63, 3.8) is 0 Å². The first-order chi connectivity index (χ1) is 6.27. The van der Waals surface area contributed by atoms with Gasteiger partial charge in [-0.05, 0) is 37.1 Å². The Morgan fingerprint density at radius 2 is 2.31 bits per heavy atom. The molecule has 0 spiro atoms. The van der Waals surface area contributed by atoms with Crippen molar-refractivity contribution in [3.05, 3.63) is 34.6 Å². The van der Waals surface area contributed by atoms with Crippen molar-refractivity contribution in [2.75, 3.05) is 6.54 Å². The van der Waals surface area contributed by atoms with E-state index in [-0.39, 0.29) is 5.82 Å². The minimum Gasteiger partial charge on any atom is -0.310 e. The van der Waals surface area contributed by atoms with E-state index in [1.165, 1.54) is 18.6 Å². The summed E-state index contributed by atoms with van der Waals surface area (Å²) in [6.07, 6.45) is 2.25. The highest BCUT2D eigenvalue weighted by Crippen LogP contribution is 2.29. The van der Waals surface area contributed by atoms with E-state index >= 15 is 0 Å². The zero-order chi connectivity index (χ0) is 9.26. The Kier molecular flexibility index (Phi) is 2.51. The van der Waals surface area contributed by atoms with Crippen molar-refractivity contribution in [1.29, 1.82) is 0 Å². The van der Waals surface area contributed by atoms with Crippen LogP contribution >= 0.6 is 11.6 Å². The van der Waals surface area contributed by atoms with Gasteiger partial charge in [-0.1, -0.05) is 17.7 Å². The van der Waals surface area contributed by atoms with Crippen LogP contribution in [0.1, 0.15) is 24.4 Å². The van der Waals surface area contributed by atoms with Crippen LogP contribution in [0.5, 0.6) is 0 Å². The zero-order valence-electron chi connectivity index (χ0n) is 7.19. The van der Waals surface area contributed by atoms with Gasteiger partial charge in [0.05, 0.1) is 0 Å². The van der Waals surface area contributed by atoms with Crippen LogP contribution in [0.3, 0.4) is 0 Å². The molecule has 1 aromatic carbocycles. The van der Waals surface area contributed by atoms with E-state index in [0.717, 1.165) is 18.5 Å². The second-order valence-corrected chi connectivity index (χ2v) is 3.72. The molecule has 1 N–H and O–H groups in total. The van der Waals surface area contributed by atoms with E-state index in [1.807, 2.05) is 0 Å². The molecule has 2 rings (SSSR count). The molecule has 1 saturated heterocycles. The summed E-state index contributed by atoms with van der Waals surface area (Å²) in [5, 5.41) is 3.85. The fourth-order valence-corrected chi connectivity index (χ4v) is 2.03. The molecule has 70 valence electrons. The van der Waals surface area contributed by atoms with E-state index in [4.69, 9.17) is 11.6 Å². The van der Waals surface area contributed by atoms with Crippen molar-refractivity contribution in [3.8, 4) is 0 Å². The average Bonchev–Trinajstić information content (AvgIpc) is 2.56. The van der Waals surface area contributed by atoms with Gasteiger partial charge in [0, 0.05) is 11.1 Å². The summed E-state index contributed by atoms with van der Waals surface area (Å²) in [7, 11) is 0. The second-order valence-electron chi connectivity index (χ2n) is 3.31.